The number of benzene rings is 7. The fourth-order valence-electron chi connectivity index (χ4n) is 6.53. The number of aromatic nitrogens is 3. The smallest absolute Gasteiger partial charge is 0.165 e. The van der Waals surface area contributed by atoms with E-state index in [1.54, 1.807) is 0 Å². The highest BCUT2D eigenvalue weighted by atomic mass is 32.1. The molecule has 9 aromatic rings. The van der Waals surface area contributed by atoms with Crippen LogP contribution in [0.15, 0.2) is 176 Å². The molecule has 2 aromatic heterocycles. The first-order valence-electron chi connectivity index (χ1n) is 16.4. The number of nitrogens with zero attached hydrogens (tertiary/aromatic N) is 3. The minimum absolute atomic E-state index is 0.662. The number of thiophene rings is 1. The second kappa shape index (κ2) is 12.4. The molecule has 0 radical (unpaired) electrons. The lowest BCUT2D eigenvalue weighted by Crippen LogP contribution is -2.00. The molecule has 0 atom stereocenters. The van der Waals surface area contributed by atoms with Crippen molar-refractivity contribution in [3.8, 4) is 67.5 Å². The number of hydrogen-bond donors (Lipinski definition) is 0. The summed E-state index contributed by atoms with van der Waals surface area (Å²) >= 11 is 1.81. The Morgan fingerprint density at radius 2 is 0.673 bits per heavy atom. The highest BCUT2D eigenvalue weighted by Gasteiger charge is 2.18. The van der Waals surface area contributed by atoms with E-state index in [9.17, 15) is 0 Å². The Labute approximate surface area is 288 Å². The monoisotopic (exact) mass is 643 g/mol. The summed E-state index contributed by atoms with van der Waals surface area (Å²) in [6.07, 6.45) is 0. The van der Waals surface area contributed by atoms with E-state index in [1.807, 2.05) is 72.0 Å². The van der Waals surface area contributed by atoms with Crippen LogP contribution in [-0.4, -0.2) is 15.0 Å². The van der Waals surface area contributed by atoms with Crippen molar-refractivity contribution < 1.29 is 0 Å². The molecule has 2 heterocycles. The van der Waals surface area contributed by atoms with Gasteiger partial charge in [-0.15, -0.1) is 11.3 Å². The second-order valence-electron chi connectivity index (χ2n) is 12.0. The van der Waals surface area contributed by atoms with Gasteiger partial charge in [-0.3, -0.25) is 0 Å². The fourth-order valence-corrected chi connectivity index (χ4v) is 7.88. The van der Waals surface area contributed by atoms with Crippen molar-refractivity contribution in [3.63, 3.8) is 0 Å². The van der Waals surface area contributed by atoms with E-state index in [1.165, 1.54) is 48.9 Å². The molecular formula is C45H29N3S. The third-order valence-electron chi connectivity index (χ3n) is 8.92. The largest absolute Gasteiger partial charge is 0.208 e. The van der Waals surface area contributed by atoms with Gasteiger partial charge in [0.15, 0.2) is 17.5 Å². The van der Waals surface area contributed by atoms with Crippen molar-refractivity contribution in [2.45, 2.75) is 0 Å². The Bertz CT molecular complexity index is 2280. The lowest BCUT2D eigenvalue weighted by atomic mass is 9.93. The highest BCUT2D eigenvalue weighted by molar-refractivity contribution is 7.26. The Kier molecular flexibility index (Phi) is 7.34. The van der Waals surface area contributed by atoms with Crippen molar-refractivity contribution in [1.82, 2.24) is 15.0 Å². The summed E-state index contributed by atoms with van der Waals surface area (Å²) < 4.78 is 2.41. The number of hydrogen-bond acceptors (Lipinski definition) is 4. The third kappa shape index (κ3) is 5.48. The van der Waals surface area contributed by atoms with Crippen LogP contribution < -0.4 is 0 Å². The van der Waals surface area contributed by atoms with Crippen LogP contribution in [0.4, 0.5) is 0 Å². The molecule has 9 rings (SSSR count). The molecule has 0 saturated heterocycles. The van der Waals surface area contributed by atoms with E-state index in [0.29, 0.717) is 17.5 Å². The molecule has 0 bridgehead atoms. The maximum Gasteiger partial charge on any atom is 0.165 e. The predicted molar refractivity (Wildman–Crippen MR) is 205 cm³/mol. The first kappa shape index (κ1) is 29.0. The van der Waals surface area contributed by atoms with Gasteiger partial charge in [0.2, 0.25) is 0 Å². The van der Waals surface area contributed by atoms with Gasteiger partial charge in [-0.2, -0.15) is 0 Å². The standard InChI is InChI=1S/C45H29N3S/c1-5-15-30(16-6-1)34-27-35(31-17-7-2-8-18-31)29-36(28-34)37-23-13-24-38-39-25-14-26-40(42(39)49-41(37)38)45-47-43(32-19-9-3-10-20-32)46-44(48-45)33-21-11-4-12-22-33/h1-29H. The molecule has 0 aliphatic carbocycles. The van der Waals surface area contributed by atoms with E-state index in [0.717, 1.165) is 21.4 Å². The summed E-state index contributed by atoms with van der Waals surface area (Å²) in [4.78, 5) is 15.1. The van der Waals surface area contributed by atoms with E-state index in [2.05, 4.69) is 115 Å². The first-order chi connectivity index (χ1) is 24.3. The molecule has 3 nitrogen and oxygen atoms in total. The van der Waals surface area contributed by atoms with E-state index >= 15 is 0 Å². The zero-order chi connectivity index (χ0) is 32.6. The highest BCUT2D eigenvalue weighted by Crippen LogP contribution is 2.44. The van der Waals surface area contributed by atoms with E-state index in [4.69, 9.17) is 15.0 Å². The lowest BCUT2D eigenvalue weighted by molar-refractivity contribution is 1.08. The average Bonchev–Trinajstić information content (AvgIpc) is 3.58. The summed E-state index contributed by atoms with van der Waals surface area (Å²) in [6, 6.07) is 61.7. The van der Waals surface area contributed by atoms with Crippen molar-refractivity contribution in [2.24, 2.45) is 0 Å². The molecule has 0 amide bonds. The summed E-state index contributed by atoms with van der Waals surface area (Å²) in [6.45, 7) is 0. The molecule has 0 aliphatic rings. The van der Waals surface area contributed by atoms with Gasteiger partial charge in [-0.25, -0.2) is 15.0 Å². The van der Waals surface area contributed by atoms with Gasteiger partial charge in [0.1, 0.15) is 0 Å². The van der Waals surface area contributed by atoms with Crippen LogP contribution >= 0.6 is 11.3 Å². The number of rotatable bonds is 6. The Hall–Kier alpha value is -6.23. The van der Waals surface area contributed by atoms with Crippen molar-refractivity contribution in [2.75, 3.05) is 0 Å². The van der Waals surface area contributed by atoms with Crippen molar-refractivity contribution in [3.05, 3.63) is 176 Å². The van der Waals surface area contributed by atoms with Gasteiger partial charge in [0.25, 0.3) is 0 Å². The second-order valence-corrected chi connectivity index (χ2v) is 13.1. The summed E-state index contributed by atoms with van der Waals surface area (Å²) in [5.41, 5.74) is 10.1. The Morgan fingerprint density at radius 3 is 1.16 bits per heavy atom. The fraction of sp³-hybridized carbons (Fsp3) is 0. The quantitative estimate of drug-likeness (QED) is 0.181. The number of fused-ring (bicyclic) bond motifs is 3. The minimum atomic E-state index is 0.662. The van der Waals surface area contributed by atoms with Gasteiger partial charge in [0, 0.05) is 36.9 Å². The van der Waals surface area contributed by atoms with Crippen LogP contribution in [0.1, 0.15) is 0 Å². The summed E-state index contributed by atoms with van der Waals surface area (Å²) in [7, 11) is 0. The van der Waals surface area contributed by atoms with E-state index < -0.39 is 0 Å². The van der Waals surface area contributed by atoms with Crippen LogP contribution in [0.5, 0.6) is 0 Å². The van der Waals surface area contributed by atoms with Crippen LogP contribution in [0.2, 0.25) is 0 Å². The summed E-state index contributed by atoms with van der Waals surface area (Å²) in [5, 5.41) is 2.43. The van der Waals surface area contributed by atoms with Crippen LogP contribution in [-0.2, 0) is 0 Å². The Balaban J connectivity index is 1.26. The zero-order valence-corrected chi connectivity index (χ0v) is 27.3. The van der Waals surface area contributed by atoms with Gasteiger partial charge in [-0.1, -0.05) is 152 Å². The molecule has 0 saturated carbocycles. The predicted octanol–water partition coefficient (Wildman–Crippen LogP) is 12.2. The van der Waals surface area contributed by atoms with Gasteiger partial charge in [0.05, 0.1) is 0 Å². The lowest BCUT2D eigenvalue weighted by Gasteiger charge is -2.12. The van der Waals surface area contributed by atoms with Gasteiger partial charge >= 0.3 is 0 Å². The molecule has 0 fully saturated rings. The van der Waals surface area contributed by atoms with Crippen LogP contribution in [0.3, 0.4) is 0 Å². The first-order valence-corrected chi connectivity index (χ1v) is 17.2. The molecule has 0 N–H and O–H groups in total. The van der Waals surface area contributed by atoms with Crippen LogP contribution in [0.25, 0.3) is 87.7 Å². The maximum absolute atomic E-state index is 5.08. The van der Waals surface area contributed by atoms with Crippen LogP contribution in [0, 0.1) is 0 Å². The SMILES string of the molecule is c1ccc(-c2cc(-c3ccccc3)cc(-c3cccc4c3sc3c(-c5nc(-c6ccccc6)nc(-c6ccccc6)n5)cccc34)c2)cc1. The molecular weight excluding hydrogens is 615 g/mol. The minimum Gasteiger partial charge on any atom is -0.208 e. The topological polar surface area (TPSA) is 38.7 Å². The zero-order valence-electron chi connectivity index (χ0n) is 26.5. The maximum atomic E-state index is 5.08. The molecule has 0 aliphatic heterocycles. The molecule has 0 unspecified atom stereocenters. The third-order valence-corrected chi connectivity index (χ3v) is 10.2. The van der Waals surface area contributed by atoms with Gasteiger partial charge in [-0.05, 0) is 57.6 Å². The molecule has 0 spiro atoms. The van der Waals surface area contributed by atoms with Crippen molar-refractivity contribution >= 4 is 31.5 Å². The normalized spacial score (nSPS) is 11.3. The average molecular weight is 644 g/mol. The molecule has 49 heavy (non-hydrogen) atoms. The summed E-state index contributed by atoms with van der Waals surface area (Å²) in [5.74, 6) is 1.99. The molecule has 4 heteroatoms. The van der Waals surface area contributed by atoms with Crippen molar-refractivity contribution in [1.29, 1.82) is 0 Å². The molecule has 230 valence electrons. The van der Waals surface area contributed by atoms with E-state index in [-0.39, 0.29) is 0 Å². The Morgan fingerprint density at radius 1 is 0.286 bits per heavy atom. The van der Waals surface area contributed by atoms with Gasteiger partial charge < -0.3 is 0 Å². The molecule has 7 aromatic carbocycles.